The monoisotopic (exact) mass is 349 g/mol. The number of nitrogens with one attached hydrogen (secondary N) is 2. The molecular weight excluding hydrogens is 330 g/mol. The fourth-order valence-corrected chi connectivity index (χ4v) is 3.03. The van der Waals surface area contributed by atoms with Crippen LogP contribution < -0.4 is 15.5 Å². The van der Waals surface area contributed by atoms with Gasteiger partial charge in [-0.25, -0.2) is 4.79 Å². The van der Waals surface area contributed by atoms with Gasteiger partial charge in [0.05, 0.1) is 5.69 Å². The molecule has 8 heteroatoms. The van der Waals surface area contributed by atoms with Crippen molar-refractivity contribution in [3.63, 3.8) is 0 Å². The van der Waals surface area contributed by atoms with E-state index in [0.717, 1.165) is 17.8 Å². The molecule has 0 unspecified atom stereocenters. The van der Waals surface area contributed by atoms with E-state index in [-0.39, 0.29) is 6.03 Å². The molecule has 0 saturated heterocycles. The first kappa shape index (κ1) is 16.1. The number of benzene rings is 2. The first-order valence-corrected chi connectivity index (χ1v) is 8.54. The van der Waals surface area contributed by atoms with Crippen LogP contribution in [0.4, 0.5) is 16.4 Å². The maximum absolute atomic E-state index is 12.4. The lowest BCUT2D eigenvalue weighted by Gasteiger charge is -2.18. The number of carbonyl (C=O) groups excluding carboxylic acids is 1. The molecule has 0 saturated carbocycles. The van der Waals surface area contributed by atoms with Gasteiger partial charge in [0.25, 0.3) is 0 Å². The molecule has 0 spiro atoms. The molecule has 1 aromatic heterocycles. The molecule has 0 radical (unpaired) electrons. The number of aromatic nitrogens is 4. The van der Waals surface area contributed by atoms with E-state index in [0.29, 0.717) is 25.6 Å². The zero-order valence-electron chi connectivity index (χ0n) is 14.2. The normalized spacial score (nSPS) is 12.7. The van der Waals surface area contributed by atoms with Crippen LogP contribution in [0.15, 0.2) is 54.6 Å². The van der Waals surface area contributed by atoms with Crippen molar-refractivity contribution in [2.75, 3.05) is 29.9 Å². The summed E-state index contributed by atoms with van der Waals surface area (Å²) in [5.41, 5.74) is 3.08. The lowest BCUT2D eigenvalue weighted by molar-refractivity contribution is 0.247. The van der Waals surface area contributed by atoms with Crippen LogP contribution in [0.2, 0.25) is 0 Å². The molecule has 4 rings (SSSR count). The topological polar surface area (TPSA) is 88.0 Å². The summed E-state index contributed by atoms with van der Waals surface area (Å²) in [5.74, 6) is 0.539. The highest BCUT2D eigenvalue weighted by atomic mass is 16.2. The second kappa shape index (κ2) is 7.22. The highest BCUT2D eigenvalue weighted by molar-refractivity contribution is 5.94. The Balaban J connectivity index is 1.30. The summed E-state index contributed by atoms with van der Waals surface area (Å²) in [4.78, 5) is 14.2. The molecule has 0 fully saturated rings. The third-order valence-corrected chi connectivity index (χ3v) is 4.29. The van der Waals surface area contributed by atoms with Crippen LogP contribution in [0.5, 0.6) is 0 Å². The fourth-order valence-electron chi connectivity index (χ4n) is 3.03. The maximum atomic E-state index is 12.4. The van der Waals surface area contributed by atoms with Crippen molar-refractivity contribution in [3.8, 4) is 5.69 Å². The number of carbonyl (C=O) groups is 1. The molecule has 0 atom stereocenters. The van der Waals surface area contributed by atoms with Crippen LogP contribution in [-0.4, -0.2) is 45.9 Å². The van der Waals surface area contributed by atoms with Gasteiger partial charge in [-0.05, 0) is 40.6 Å². The van der Waals surface area contributed by atoms with E-state index in [1.807, 2.05) is 48.5 Å². The van der Waals surface area contributed by atoms with Gasteiger partial charge in [-0.1, -0.05) is 41.5 Å². The van der Waals surface area contributed by atoms with Gasteiger partial charge in [-0.15, -0.1) is 0 Å². The Kier molecular flexibility index (Phi) is 4.46. The third kappa shape index (κ3) is 3.21. The minimum atomic E-state index is -0.0839. The molecule has 2 aromatic carbocycles. The molecule has 3 aromatic rings. The molecule has 0 bridgehead atoms. The molecule has 132 valence electrons. The van der Waals surface area contributed by atoms with Crippen LogP contribution in [-0.2, 0) is 6.42 Å². The largest absolute Gasteiger partial charge is 0.351 e. The first-order chi connectivity index (χ1) is 12.8. The maximum Gasteiger partial charge on any atom is 0.321 e. The van der Waals surface area contributed by atoms with E-state index in [1.165, 1.54) is 5.56 Å². The molecule has 26 heavy (non-hydrogen) atoms. The average Bonchev–Trinajstić information content (AvgIpc) is 3.33. The Hall–Kier alpha value is -3.42. The number of urea groups is 1. The number of hydrogen-bond acceptors (Lipinski definition) is 5. The molecular formula is C18H19N7O. The van der Waals surface area contributed by atoms with Crippen LogP contribution in [0.3, 0.4) is 0 Å². The Morgan fingerprint density at radius 3 is 2.73 bits per heavy atom. The molecule has 2 heterocycles. The smallest absolute Gasteiger partial charge is 0.321 e. The highest BCUT2D eigenvalue weighted by Crippen LogP contribution is 2.27. The Morgan fingerprint density at radius 1 is 1.04 bits per heavy atom. The van der Waals surface area contributed by atoms with E-state index >= 15 is 0 Å². The number of fused-ring (bicyclic) bond motifs is 1. The van der Waals surface area contributed by atoms with Crippen molar-refractivity contribution in [2.24, 2.45) is 0 Å². The Labute approximate surface area is 150 Å². The standard InChI is InChI=1S/C18H19N7O/c26-18(24-13-10-14-6-4-5-9-16(14)24)20-12-11-19-17-21-22-23-25(17)15-7-2-1-3-8-15/h1-9H,10-13H2,(H,20,26)(H,19,21,23). The van der Waals surface area contributed by atoms with Gasteiger partial charge in [0, 0.05) is 25.3 Å². The molecule has 8 nitrogen and oxygen atoms in total. The first-order valence-electron chi connectivity index (χ1n) is 8.54. The van der Waals surface area contributed by atoms with E-state index in [4.69, 9.17) is 0 Å². The van der Waals surface area contributed by atoms with Gasteiger partial charge < -0.3 is 10.6 Å². The zero-order chi connectivity index (χ0) is 17.8. The van der Waals surface area contributed by atoms with Crippen molar-refractivity contribution in [2.45, 2.75) is 6.42 Å². The van der Waals surface area contributed by atoms with Crippen LogP contribution in [0.1, 0.15) is 5.56 Å². The zero-order valence-corrected chi connectivity index (χ0v) is 14.2. The molecule has 1 aliphatic rings. The second-order valence-electron chi connectivity index (χ2n) is 5.94. The van der Waals surface area contributed by atoms with Crippen molar-refractivity contribution in [3.05, 3.63) is 60.2 Å². The summed E-state index contributed by atoms with van der Waals surface area (Å²) in [6, 6.07) is 17.6. The summed E-state index contributed by atoms with van der Waals surface area (Å²) in [6.07, 6.45) is 0.897. The van der Waals surface area contributed by atoms with Crippen LogP contribution in [0.25, 0.3) is 5.69 Å². The number of nitrogens with zero attached hydrogens (tertiary/aromatic N) is 5. The lowest BCUT2D eigenvalue weighted by atomic mass is 10.2. The van der Waals surface area contributed by atoms with Crippen molar-refractivity contribution in [1.82, 2.24) is 25.5 Å². The number of para-hydroxylation sites is 2. The predicted molar refractivity (Wildman–Crippen MR) is 98.5 cm³/mol. The molecule has 1 aliphatic heterocycles. The third-order valence-electron chi connectivity index (χ3n) is 4.29. The van der Waals surface area contributed by atoms with E-state index in [2.05, 4.69) is 32.2 Å². The number of anilines is 2. The lowest BCUT2D eigenvalue weighted by Crippen LogP contribution is -2.40. The predicted octanol–water partition coefficient (Wildman–Crippen LogP) is 1.85. The summed E-state index contributed by atoms with van der Waals surface area (Å²) in [7, 11) is 0. The number of rotatable bonds is 5. The summed E-state index contributed by atoms with van der Waals surface area (Å²) in [6.45, 7) is 1.71. The van der Waals surface area contributed by atoms with Gasteiger partial charge in [-0.3, -0.25) is 4.90 Å². The van der Waals surface area contributed by atoms with Crippen molar-refractivity contribution in [1.29, 1.82) is 0 Å². The van der Waals surface area contributed by atoms with E-state index in [1.54, 1.807) is 9.58 Å². The number of amides is 2. The summed E-state index contributed by atoms with van der Waals surface area (Å²) in [5, 5.41) is 17.8. The van der Waals surface area contributed by atoms with Gasteiger partial charge in [-0.2, -0.15) is 4.68 Å². The summed E-state index contributed by atoms with van der Waals surface area (Å²) < 4.78 is 1.62. The van der Waals surface area contributed by atoms with Crippen LogP contribution >= 0.6 is 0 Å². The van der Waals surface area contributed by atoms with Crippen molar-refractivity contribution < 1.29 is 4.79 Å². The number of tetrazole rings is 1. The van der Waals surface area contributed by atoms with Gasteiger partial charge in [0.15, 0.2) is 0 Å². The van der Waals surface area contributed by atoms with Gasteiger partial charge in [0.1, 0.15) is 0 Å². The molecule has 2 N–H and O–H groups in total. The average molecular weight is 349 g/mol. The highest BCUT2D eigenvalue weighted by Gasteiger charge is 2.23. The SMILES string of the molecule is O=C(NCCNc1nnnn1-c1ccccc1)N1CCc2ccccc21. The quantitative estimate of drug-likeness (QED) is 0.686. The minimum absolute atomic E-state index is 0.0839. The number of hydrogen-bond donors (Lipinski definition) is 2. The van der Waals surface area contributed by atoms with Gasteiger partial charge >= 0.3 is 6.03 Å². The summed E-state index contributed by atoms with van der Waals surface area (Å²) >= 11 is 0. The fraction of sp³-hybridized carbons (Fsp3) is 0.222. The minimum Gasteiger partial charge on any atom is -0.351 e. The van der Waals surface area contributed by atoms with Crippen LogP contribution in [0, 0.1) is 0 Å². The van der Waals surface area contributed by atoms with E-state index < -0.39 is 0 Å². The van der Waals surface area contributed by atoms with E-state index in [9.17, 15) is 4.79 Å². The Morgan fingerprint density at radius 2 is 1.85 bits per heavy atom. The van der Waals surface area contributed by atoms with Crippen molar-refractivity contribution >= 4 is 17.7 Å². The van der Waals surface area contributed by atoms with Gasteiger partial charge in [0.2, 0.25) is 5.95 Å². The molecule has 0 aliphatic carbocycles. The molecule has 2 amide bonds. The second-order valence-corrected chi connectivity index (χ2v) is 5.94. The Bertz CT molecular complexity index is 893.